The van der Waals surface area contributed by atoms with E-state index in [2.05, 4.69) is 15.5 Å². The third-order valence-electron chi connectivity index (χ3n) is 3.35. The Labute approximate surface area is 130 Å². The van der Waals surface area contributed by atoms with Crippen molar-refractivity contribution in [2.24, 2.45) is 0 Å². The Morgan fingerprint density at radius 2 is 1.59 bits per heavy atom. The van der Waals surface area contributed by atoms with Gasteiger partial charge in [0.05, 0.1) is 18.8 Å². The summed E-state index contributed by atoms with van der Waals surface area (Å²) in [5.74, 6) is -0.166. The first-order valence-corrected chi connectivity index (χ1v) is 7.47. The zero-order chi connectivity index (χ0) is 16.1. The van der Waals surface area contributed by atoms with Crippen molar-refractivity contribution in [1.29, 1.82) is 0 Å². The van der Waals surface area contributed by atoms with Gasteiger partial charge >= 0.3 is 0 Å². The molecule has 1 heterocycles. The number of hydrogen-bond acceptors (Lipinski definition) is 4. The van der Waals surface area contributed by atoms with E-state index in [-0.39, 0.29) is 24.0 Å². The van der Waals surface area contributed by atoms with Crippen molar-refractivity contribution in [2.75, 3.05) is 30.3 Å². The summed E-state index contributed by atoms with van der Waals surface area (Å²) in [6, 6.07) is 7.06. The molecule has 1 aromatic rings. The molecule has 22 heavy (non-hydrogen) atoms. The number of amides is 2. The largest absolute Gasteiger partial charge is 0.373 e. The molecule has 1 saturated heterocycles. The number of rotatable bonds is 4. The second kappa shape index (κ2) is 7.38. The number of nitrogens with zero attached hydrogens (tertiary/aromatic N) is 1. The van der Waals surface area contributed by atoms with E-state index in [0.717, 1.165) is 13.1 Å². The van der Waals surface area contributed by atoms with Crippen molar-refractivity contribution >= 4 is 23.2 Å². The van der Waals surface area contributed by atoms with Crippen molar-refractivity contribution in [3.8, 4) is 0 Å². The second-order valence-corrected chi connectivity index (χ2v) is 5.76. The zero-order valence-electron chi connectivity index (χ0n) is 13.3. The second-order valence-electron chi connectivity index (χ2n) is 5.76. The summed E-state index contributed by atoms with van der Waals surface area (Å²) in [5.41, 5.74) is 1.43. The lowest BCUT2D eigenvalue weighted by atomic mass is 10.2. The third kappa shape index (κ3) is 5.13. The smallest absolute Gasteiger partial charge is 0.238 e. The molecular formula is C16H23N3O3. The Hall–Kier alpha value is -1.92. The maximum atomic E-state index is 12.1. The van der Waals surface area contributed by atoms with Crippen LogP contribution in [0.5, 0.6) is 0 Å². The van der Waals surface area contributed by atoms with Crippen molar-refractivity contribution in [1.82, 2.24) is 4.90 Å². The molecule has 0 unspecified atom stereocenters. The predicted octanol–water partition coefficient (Wildman–Crippen LogP) is 1.69. The summed E-state index contributed by atoms with van der Waals surface area (Å²) in [7, 11) is 0. The van der Waals surface area contributed by atoms with Gasteiger partial charge in [-0.15, -0.1) is 0 Å². The molecule has 0 aliphatic carbocycles. The lowest BCUT2D eigenvalue weighted by molar-refractivity contribution is -0.121. The molecule has 0 saturated carbocycles. The van der Waals surface area contributed by atoms with Crippen molar-refractivity contribution in [3.05, 3.63) is 24.3 Å². The fourth-order valence-corrected chi connectivity index (χ4v) is 2.66. The molecule has 2 amide bonds. The Bertz CT molecular complexity index is 520. The first-order chi connectivity index (χ1) is 10.4. The van der Waals surface area contributed by atoms with Gasteiger partial charge in [-0.25, -0.2) is 0 Å². The average molecular weight is 305 g/mol. The topological polar surface area (TPSA) is 70.7 Å². The van der Waals surface area contributed by atoms with E-state index in [0.29, 0.717) is 17.9 Å². The summed E-state index contributed by atoms with van der Waals surface area (Å²) < 4.78 is 5.65. The van der Waals surface area contributed by atoms with Crippen LogP contribution in [0.25, 0.3) is 0 Å². The number of benzene rings is 1. The van der Waals surface area contributed by atoms with Gasteiger partial charge in [-0.3, -0.25) is 14.5 Å². The van der Waals surface area contributed by atoms with Crippen LogP contribution >= 0.6 is 0 Å². The van der Waals surface area contributed by atoms with Crippen molar-refractivity contribution in [3.63, 3.8) is 0 Å². The minimum atomic E-state index is -0.118. The molecule has 0 aromatic heterocycles. The Kier molecular flexibility index (Phi) is 5.51. The minimum absolute atomic E-state index is 0.0476. The molecule has 120 valence electrons. The number of ether oxygens (including phenoxy) is 1. The molecule has 1 aliphatic rings. The van der Waals surface area contributed by atoms with Gasteiger partial charge in [-0.05, 0) is 38.1 Å². The van der Waals surface area contributed by atoms with Crippen LogP contribution in [-0.4, -0.2) is 48.6 Å². The number of anilines is 2. The normalized spacial score (nSPS) is 22.1. The molecule has 2 rings (SSSR count). The van der Waals surface area contributed by atoms with Gasteiger partial charge < -0.3 is 15.4 Å². The Morgan fingerprint density at radius 3 is 2.09 bits per heavy atom. The average Bonchev–Trinajstić information content (AvgIpc) is 2.39. The van der Waals surface area contributed by atoms with Gasteiger partial charge in [0.15, 0.2) is 0 Å². The highest BCUT2D eigenvalue weighted by molar-refractivity contribution is 5.93. The molecule has 2 atom stereocenters. The van der Waals surface area contributed by atoms with Crippen molar-refractivity contribution in [2.45, 2.75) is 33.0 Å². The maximum absolute atomic E-state index is 12.1. The molecular weight excluding hydrogens is 282 g/mol. The molecule has 2 N–H and O–H groups in total. The number of nitrogens with one attached hydrogen (secondary N) is 2. The Morgan fingerprint density at radius 1 is 1.09 bits per heavy atom. The maximum Gasteiger partial charge on any atom is 0.238 e. The Balaban J connectivity index is 1.85. The number of morpholine rings is 1. The molecule has 0 bridgehead atoms. The fraction of sp³-hybridized carbons (Fsp3) is 0.500. The van der Waals surface area contributed by atoms with E-state index in [9.17, 15) is 9.59 Å². The van der Waals surface area contributed by atoms with E-state index in [1.807, 2.05) is 13.8 Å². The summed E-state index contributed by atoms with van der Waals surface area (Å²) in [5, 5.41) is 5.55. The van der Waals surface area contributed by atoms with E-state index >= 15 is 0 Å². The van der Waals surface area contributed by atoms with Crippen LogP contribution in [0.15, 0.2) is 24.3 Å². The molecule has 1 aliphatic heterocycles. The standard InChI is InChI=1S/C16H23N3O3/c1-11-8-19(9-12(2)22-11)10-16(21)18-15-6-4-14(5-7-15)17-13(3)20/h4-7,11-12H,8-10H2,1-3H3,(H,17,20)(H,18,21)/t11-,12-/m1/s1. The molecule has 1 fully saturated rings. The molecule has 6 nitrogen and oxygen atoms in total. The first-order valence-electron chi connectivity index (χ1n) is 7.47. The van der Waals surface area contributed by atoms with Crippen LogP contribution in [0.3, 0.4) is 0 Å². The molecule has 6 heteroatoms. The third-order valence-corrected chi connectivity index (χ3v) is 3.35. The number of carbonyl (C=O) groups excluding carboxylic acids is 2. The van der Waals surface area contributed by atoms with Crippen LogP contribution in [-0.2, 0) is 14.3 Å². The lowest BCUT2D eigenvalue weighted by Gasteiger charge is -2.34. The summed E-state index contributed by atoms with van der Waals surface area (Å²) in [6.07, 6.45) is 0.293. The summed E-state index contributed by atoms with van der Waals surface area (Å²) in [6.45, 7) is 7.37. The molecule has 1 aromatic carbocycles. The quantitative estimate of drug-likeness (QED) is 0.888. The SMILES string of the molecule is CC(=O)Nc1ccc(NC(=O)CN2C[C@@H](C)O[C@H](C)C2)cc1. The number of hydrogen-bond donors (Lipinski definition) is 2. The van der Waals surface area contributed by atoms with Crippen LogP contribution in [0.1, 0.15) is 20.8 Å². The van der Waals surface area contributed by atoms with Gasteiger partial charge in [0, 0.05) is 31.4 Å². The van der Waals surface area contributed by atoms with Crippen LogP contribution in [0.2, 0.25) is 0 Å². The van der Waals surface area contributed by atoms with Crippen LogP contribution < -0.4 is 10.6 Å². The van der Waals surface area contributed by atoms with Gasteiger partial charge in [-0.1, -0.05) is 0 Å². The molecule has 0 radical (unpaired) electrons. The van der Waals surface area contributed by atoms with Crippen LogP contribution in [0, 0.1) is 0 Å². The van der Waals surface area contributed by atoms with Gasteiger partial charge in [0.2, 0.25) is 11.8 Å². The highest BCUT2D eigenvalue weighted by atomic mass is 16.5. The summed E-state index contributed by atoms with van der Waals surface area (Å²) >= 11 is 0. The van der Waals surface area contributed by atoms with Gasteiger partial charge in [0.25, 0.3) is 0 Å². The van der Waals surface area contributed by atoms with Crippen LogP contribution in [0.4, 0.5) is 11.4 Å². The van der Waals surface area contributed by atoms with Gasteiger partial charge in [0.1, 0.15) is 0 Å². The van der Waals surface area contributed by atoms with Crippen molar-refractivity contribution < 1.29 is 14.3 Å². The van der Waals surface area contributed by atoms with E-state index in [1.165, 1.54) is 6.92 Å². The predicted molar refractivity (Wildman–Crippen MR) is 85.8 cm³/mol. The van der Waals surface area contributed by atoms with E-state index in [4.69, 9.17) is 4.74 Å². The monoisotopic (exact) mass is 305 g/mol. The zero-order valence-corrected chi connectivity index (χ0v) is 13.3. The molecule has 0 spiro atoms. The number of carbonyl (C=O) groups is 2. The van der Waals surface area contributed by atoms with E-state index < -0.39 is 0 Å². The highest BCUT2D eigenvalue weighted by Crippen LogP contribution is 2.14. The lowest BCUT2D eigenvalue weighted by Crippen LogP contribution is -2.48. The minimum Gasteiger partial charge on any atom is -0.373 e. The summed E-state index contributed by atoms with van der Waals surface area (Å²) in [4.78, 5) is 25.1. The highest BCUT2D eigenvalue weighted by Gasteiger charge is 2.23. The first kappa shape index (κ1) is 16.5. The fourth-order valence-electron chi connectivity index (χ4n) is 2.66. The van der Waals surface area contributed by atoms with E-state index in [1.54, 1.807) is 24.3 Å². The van der Waals surface area contributed by atoms with Gasteiger partial charge in [-0.2, -0.15) is 0 Å².